The van der Waals surface area contributed by atoms with Gasteiger partial charge < -0.3 is 19.5 Å². The Morgan fingerprint density at radius 1 is 1.13 bits per heavy atom. The number of thiophene rings is 1. The molecule has 2 aromatic rings. The van der Waals surface area contributed by atoms with Crippen molar-refractivity contribution >= 4 is 28.9 Å². The third-order valence-electron chi connectivity index (χ3n) is 3.15. The largest absolute Gasteiger partial charge is 0.493 e. The molecule has 23 heavy (non-hydrogen) atoms. The minimum absolute atomic E-state index is 0.198. The van der Waals surface area contributed by atoms with E-state index in [1.807, 2.05) is 16.8 Å². The number of nitrogens with one attached hydrogen (secondary N) is 1. The van der Waals surface area contributed by atoms with Crippen LogP contribution in [0.2, 0.25) is 0 Å². The molecule has 0 fully saturated rings. The number of hydrogen-bond donors (Lipinski definition) is 1. The maximum atomic E-state index is 12.2. The van der Waals surface area contributed by atoms with Gasteiger partial charge >= 0.3 is 5.97 Å². The predicted molar refractivity (Wildman–Crippen MR) is 87.5 cm³/mol. The van der Waals surface area contributed by atoms with Gasteiger partial charge in [-0.15, -0.1) is 0 Å². The normalized spacial score (nSPS) is 10.0. The second-order valence-electron chi connectivity index (χ2n) is 4.60. The lowest BCUT2D eigenvalue weighted by Crippen LogP contribution is -2.17. The molecule has 1 amide bonds. The number of carbonyl (C=O) groups excluding carboxylic acids is 2. The van der Waals surface area contributed by atoms with Crippen molar-refractivity contribution < 1.29 is 23.8 Å². The van der Waals surface area contributed by atoms with E-state index in [0.29, 0.717) is 17.2 Å². The van der Waals surface area contributed by atoms with Gasteiger partial charge in [-0.25, -0.2) is 4.79 Å². The van der Waals surface area contributed by atoms with E-state index in [2.05, 4.69) is 5.32 Å². The summed E-state index contributed by atoms with van der Waals surface area (Å²) in [6, 6.07) is 4.89. The van der Waals surface area contributed by atoms with Gasteiger partial charge in [0.1, 0.15) is 0 Å². The standard InChI is InChI=1S/C16H17NO5S/c1-20-13-7-11(16(19)22-3)12(8-14(13)21-2)17-15(18)6-10-4-5-23-9-10/h4-5,7-9H,6H2,1-3H3,(H,17,18). The molecule has 0 radical (unpaired) electrons. The van der Waals surface area contributed by atoms with Crippen LogP contribution in [0.1, 0.15) is 15.9 Å². The molecule has 0 saturated heterocycles. The monoisotopic (exact) mass is 335 g/mol. The number of carbonyl (C=O) groups is 2. The van der Waals surface area contributed by atoms with Crippen molar-refractivity contribution in [3.63, 3.8) is 0 Å². The molecule has 0 bridgehead atoms. The summed E-state index contributed by atoms with van der Waals surface area (Å²) >= 11 is 1.52. The molecule has 1 heterocycles. The molecule has 0 aliphatic carbocycles. The van der Waals surface area contributed by atoms with E-state index < -0.39 is 5.97 Å². The van der Waals surface area contributed by atoms with E-state index in [4.69, 9.17) is 14.2 Å². The molecule has 0 atom stereocenters. The van der Waals surface area contributed by atoms with Crippen molar-refractivity contribution in [2.45, 2.75) is 6.42 Å². The van der Waals surface area contributed by atoms with E-state index >= 15 is 0 Å². The molecular weight excluding hydrogens is 318 g/mol. The summed E-state index contributed by atoms with van der Waals surface area (Å²) in [7, 11) is 4.22. The molecule has 0 saturated carbocycles. The van der Waals surface area contributed by atoms with Crippen LogP contribution >= 0.6 is 11.3 Å². The average molecular weight is 335 g/mol. The fourth-order valence-corrected chi connectivity index (χ4v) is 2.70. The van der Waals surface area contributed by atoms with Crippen LogP contribution < -0.4 is 14.8 Å². The molecule has 1 aromatic carbocycles. The molecule has 0 spiro atoms. The SMILES string of the molecule is COC(=O)c1cc(OC)c(OC)cc1NC(=O)Cc1ccsc1. The van der Waals surface area contributed by atoms with Gasteiger partial charge in [0, 0.05) is 12.1 Å². The molecule has 0 aliphatic heterocycles. The van der Waals surface area contributed by atoms with E-state index in [1.54, 1.807) is 0 Å². The first-order chi connectivity index (χ1) is 11.1. The Kier molecular flexibility index (Phi) is 5.59. The van der Waals surface area contributed by atoms with Crippen LogP contribution in [0.25, 0.3) is 0 Å². The number of esters is 1. The zero-order valence-corrected chi connectivity index (χ0v) is 13.9. The fourth-order valence-electron chi connectivity index (χ4n) is 2.03. The van der Waals surface area contributed by atoms with Crippen LogP contribution in [-0.4, -0.2) is 33.2 Å². The summed E-state index contributed by atoms with van der Waals surface area (Å²) in [6.07, 6.45) is 0.221. The molecule has 7 heteroatoms. The maximum Gasteiger partial charge on any atom is 0.340 e. The molecule has 0 unspecified atom stereocenters. The van der Waals surface area contributed by atoms with Crippen molar-refractivity contribution in [3.8, 4) is 11.5 Å². The number of benzene rings is 1. The highest BCUT2D eigenvalue weighted by Gasteiger charge is 2.19. The third-order valence-corrected chi connectivity index (χ3v) is 3.88. The smallest absolute Gasteiger partial charge is 0.340 e. The quantitative estimate of drug-likeness (QED) is 0.822. The van der Waals surface area contributed by atoms with Gasteiger partial charge in [0.25, 0.3) is 0 Å². The van der Waals surface area contributed by atoms with Gasteiger partial charge in [0.05, 0.1) is 39.0 Å². The van der Waals surface area contributed by atoms with Crippen LogP contribution in [0.4, 0.5) is 5.69 Å². The van der Waals surface area contributed by atoms with E-state index in [0.717, 1.165) is 5.56 Å². The fraction of sp³-hybridized carbons (Fsp3) is 0.250. The first-order valence-electron chi connectivity index (χ1n) is 6.74. The first kappa shape index (κ1) is 16.8. The molecule has 6 nitrogen and oxygen atoms in total. The number of ether oxygens (including phenoxy) is 3. The first-order valence-corrected chi connectivity index (χ1v) is 7.68. The van der Waals surface area contributed by atoms with Crippen LogP contribution in [0, 0.1) is 0 Å². The summed E-state index contributed by atoms with van der Waals surface area (Å²) in [6.45, 7) is 0. The van der Waals surface area contributed by atoms with Crippen molar-refractivity contribution in [1.29, 1.82) is 0 Å². The summed E-state index contributed by atoms with van der Waals surface area (Å²) in [5, 5.41) is 6.52. The Hall–Kier alpha value is -2.54. The Morgan fingerprint density at radius 2 is 1.83 bits per heavy atom. The Bertz CT molecular complexity index is 697. The second-order valence-corrected chi connectivity index (χ2v) is 5.38. The minimum atomic E-state index is -0.572. The topological polar surface area (TPSA) is 73.9 Å². The third kappa shape index (κ3) is 4.01. The van der Waals surface area contributed by atoms with Gasteiger partial charge in [-0.1, -0.05) is 0 Å². The molecule has 1 aromatic heterocycles. The lowest BCUT2D eigenvalue weighted by Gasteiger charge is -2.14. The molecular formula is C16H17NO5S. The lowest BCUT2D eigenvalue weighted by molar-refractivity contribution is -0.115. The summed E-state index contributed by atoms with van der Waals surface area (Å²) in [4.78, 5) is 24.1. The highest BCUT2D eigenvalue weighted by molar-refractivity contribution is 7.08. The van der Waals surface area contributed by atoms with Crippen molar-refractivity contribution in [1.82, 2.24) is 0 Å². The minimum Gasteiger partial charge on any atom is -0.493 e. The van der Waals surface area contributed by atoms with Gasteiger partial charge in [-0.3, -0.25) is 4.79 Å². The number of amides is 1. The zero-order chi connectivity index (χ0) is 16.8. The second kappa shape index (κ2) is 7.64. The molecule has 0 aliphatic rings. The van der Waals surface area contributed by atoms with Crippen molar-refractivity contribution in [3.05, 3.63) is 40.1 Å². The summed E-state index contributed by atoms with van der Waals surface area (Å²) in [5.41, 5.74) is 1.42. The van der Waals surface area contributed by atoms with E-state index in [1.165, 1.54) is 44.8 Å². The van der Waals surface area contributed by atoms with Crippen LogP contribution in [0.5, 0.6) is 11.5 Å². The highest BCUT2D eigenvalue weighted by atomic mass is 32.1. The van der Waals surface area contributed by atoms with Crippen molar-refractivity contribution in [2.24, 2.45) is 0 Å². The Morgan fingerprint density at radius 3 is 2.39 bits per heavy atom. The number of rotatable bonds is 6. The molecule has 2 rings (SSSR count). The average Bonchev–Trinajstić information content (AvgIpc) is 3.06. The Balaban J connectivity index is 2.31. The lowest BCUT2D eigenvalue weighted by atomic mass is 10.1. The highest BCUT2D eigenvalue weighted by Crippen LogP contribution is 2.33. The summed E-state index contributed by atoms with van der Waals surface area (Å²) in [5.74, 6) is -0.0210. The van der Waals surface area contributed by atoms with Gasteiger partial charge in [0.15, 0.2) is 11.5 Å². The van der Waals surface area contributed by atoms with Gasteiger partial charge in [-0.2, -0.15) is 11.3 Å². The summed E-state index contributed by atoms with van der Waals surface area (Å²) < 4.78 is 15.1. The van der Waals surface area contributed by atoms with Crippen LogP contribution in [-0.2, 0) is 16.0 Å². The molecule has 122 valence electrons. The van der Waals surface area contributed by atoms with Crippen LogP contribution in [0.3, 0.4) is 0 Å². The van der Waals surface area contributed by atoms with Gasteiger partial charge in [0.2, 0.25) is 5.91 Å². The number of hydrogen-bond acceptors (Lipinski definition) is 6. The van der Waals surface area contributed by atoms with Gasteiger partial charge in [-0.05, 0) is 22.4 Å². The van der Waals surface area contributed by atoms with Crippen molar-refractivity contribution in [2.75, 3.05) is 26.6 Å². The molecule has 1 N–H and O–H groups in total. The van der Waals surface area contributed by atoms with Crippen LogP contribution in [0.15, 0.2) is 29.0 Å². The number of anilines is 1. The Labute approximate surface area is 138 Å². The number of methoxy groups -OCH3 is 3. The predicted octanol–water partition coefficient (Wildman–Crippen LogP) is 2.73. The zero-order valence-electron chi connectivity index (χ0n) is 13.0. The van der Waals surface area contributed by atoms with E-state index in [-0.39, 0.29) is 17.9 Å². The maximum absolute atomic E-state index is 12.2. The van der Waals surface area contributed by atoms with E-state index in [9.17, 15) is 9.59 Å².